The van der Waals surface area contributed by atoms with Crippen molar-refractivity contribution in [1.82, 2.24) is 15.5 Å². The van der Waals surface area contributed by atoms with Crippen LogP contribution in [0.5, 0.6) is 0 Å². The number of benzene rings is 1. The number of alkyl carbamates (subject to hydrolysis) is 1. The van der Waals surface area contributed by atoms with E-state index >= 15 is 0 Å². The van der Waals surface area contributed by atoms with Crippen LogP contribution in [0.15, 0.2) is 30.3 Å². The SMILES string of the molecule is CCN(CCNC(=O)CCCCCNC(=O)OC(C)(C)C)C(=O)OCc1ccccc1. The van der Waals surface area contributed by atoms with Gasteiger partial charge in [-0.3, -0.25) is 4.79 Å². The molecule has 0 radical (unpaired) electrons. The molecule has 1 aromatic carbocycles. The van der Waals surface area contributed by atoms with Crippen LogP contribution in [0.3, 0.4) is 0 Å². The van der Waals surface area contributed by atoms with Gasteiger partial charge in [0, 0.05) is 32.6 Å². The molecule has 0 heterocycles. The van der Waals surface area contributed by atoms with E-state index in [0.29, 0.717) is 32.6 Å². The van der Waals surface area contributed by atoms with E-state index in [4.69, 9.17) is 9.47 Å². The van der Waals surface area contributed by atoms with Crippen LogP contribution >= 0.6 is 0 Å². The maximum atomic E-state index is 12.2. The Kier molecular flexibility index (Phi) is 12.1. The van der Waals surface area contributed by atoms with Crippen molar-refractivity contribution in [3.8, 4) is 0 Å². The van der Waals surface area contributed by atoms with Crippen molar-refractivity contribution in [1.29, 1.82) is 0 Å². The number of amides is 3. The van der Waals surface area contributed by atoms with Gasteiger partial charge in [-0.2, -0.15) is 0 Å². The minimum Gasteiger partial charge on any atom is -0.445 e. The molecule has 2 N–H and O–H groups in total. The van der Waals surface area contributed by atoms with Crippen LogP contribution < -0.4 is 10.6 Å². The fourth-order valence-corrected chi connectivity index (χ4v) is 2.70. The highest BCUT2D eigenvalue weighted by Gasteiger charge is 2.15. The molecule has 174 valence electrons. The van der Waals surface area contributed by atoms with Gasteiger partial charge in [-0.05, 0) is 46.1 Å². The van der Waals surface area contributed by atoms with Crippen molar-refractivity contribution < 1.29 is 23.9 Å². The number of ether oxygens (including phenoxy) is 2. The monoisotopic (exact) mass is 435 g/mol. The molecule has 0 aliphatic rings. The summed E-state index contributed by atoms with van der Waals surface area (Å²) in [6.45, 7) is 9.36. The van der Waals surface area contributed by atoms with E-state index in [2.05, 4.69) is 10.6 Å². The normalized spacial score (nSPS) is 10.8. The zero-order chi connectivity index (χ0) is 23.1. The molecule has 0 saturated carbocycles. The summed E-state index contributed by atoms with van der Waals surface area (Å²) in [6.07, 6.45) is 1.95. The molecule has 0 bridgehead atoms. The fraction of sp³-hybridized carbons (Fsp3) is 0.609. The summed E-state index contributed by atoms with van der Waals surface area (Å²) in [6, 6.07) is 9.50. The van der Waals surface area contributed by atoms with Crippen LogP contribution in [-0.2, 0) is 20.9 Å². The Morgan fingerprint density at radius 3 is 2.32 bits per heavy atom. The van der Waals surface area contributed by atoms with E-state index in [1.54, 1.807) is 4.90 Å². The number of nitrogens with one attached hydrogen (secondary N) is 2. The van der Waals surface area contributed by atoms with Gasteiger partial charge in [0.25, 0.3) is 0 Å². The van der Waals surface area contributed by atoms with Crippen LogP contribution in [0.4, 0.5) is 9.59 Å². The van der Waals surface area contributed by atoms with E-state index < -0.39 is 17.8 Å². The number of rotatable bonds is 12. The van der Waals surface area contributed by atoms with E-state index in [1.807, 2.05) is 58.0 Å². The largest absolute Gasteiger partial charge is 0.445 e. The zero-order valence-electron chi connectivity index (χ0n) is 19.2. The van der Waals surface area contributed by atoms with Crippen LogP contribution in [0, 0.1) is 0 Å². The Balaban J connectivity index is 2.10. The summed E-state index contributed by atoms with van der Waals surface area (Å²) in [5.41, 5.74) is 0.426. The average molecular weight is 436 g/mol. The van der Waals surface area contributed by atoms with Gasteiger partial charge in [0.2, 0.25) is 5.91 Å². The fourth-order valence-electron chi connectivity index (χ4n) is 2.70. The lowest BCUT2D eigenvalue weighted by Gasteiger charge is -2.20. The second-order valence-electron chi connectivity index (χ2n) is 8.21. The zero-order valence-corrected chi connectivity index (χ0v) is 19.2. The third kappa shape index (κ3) is 13.2. The lowest BCUT2D eigenvalue weighted by Crippen LogP contribution is -2.38. The van der Waals surface area contributed by atoms with E-state index in [1.165, 1.54) is 0 Å². The molecule has 0 aliphatic carbocycles. The first-order valence-electron chi connectivity index (χ1n) is 10.9. The second-order valence-corrected chi connectivity index (χ2v) is 8.21. The van der Waals surface area contributed by atoms with Gasteiger partial charge in [-0.25, -0.2) is 9.59 Å². The van der Waals surface area contributed by atoms with Gasteiger partial charge in [-0.15, -0.1) is 0 Å². The Labute approximate surface area is 185 Å². The van der Waals surface area contributed by atoms with Crippen molar-refractivity contribution in [3.63, 3.8) is 0 Å². The Morgan fingerprint density at radius 2 is 1.68 bits per heavy atom. The molecule has 8 heteroatoms. The van der Waals surface area contributed by atoms with Crippen LogP contribution in [0.25, 0.3) is 0 Å². The molecule has 0 saturated heterocycles. The minimum atomic E-state index is -0.506. The predicted octanol–water partition coefficient (Wildman–Crippen LogP) is 3.85. The van der Waals surface area contributed by atoms with Crippen LogP contribution in [-0.4, -0.2) is 54.8 Å². The van der Waals surface area contributed by atoms with Crippen LogP contribution in [0.2, 0.25) is 0 Å². The van der Waals surface area contributed by atoms with Gasteiger partial charge in [0.05, 0.1) is 0 Å². The molecule has 3 amide bonds. The first-order valence-corrected chi connectivity index (χ1v) is 10.9. The number of carbonyl (C=O) groups excluding carboxylic acids is 3. The maximum absolute atomic E-state index is 12.2. The minimum absolute atomic E-state index is 0.0474. The Morgan fingerprint density at radius 1 is 0.968 bits per heavy atom. The molecule has 0 unspecified atom stereocenters. The number of carbonyl (C=O) groups is 3. The molecule has 0 atom stereocenters. The third-order valence-corrected chi connectivity index (χ3v) is 4.30. The molecule has 0 fully saturated rings. The topological polar surface area (TPSA) is 97.0 Å². The van der Waals surface area contributed by atoms with Gasteiger partial charge < -0.3 is 25.0 Å². The highest BCUT2D eigenvalue weighted by Crippen LogP contribution is 2.07. The smallest absolute Gasteiger partial charge is 0.410 e. The summed E-state index contributed by atoms with van der Waals surface area (Å²) >= 11 is 0. The summed E-state index contributed by atoms with van der Waals surface area (Å²) < 4.78 is 10.5. The Bertz CT molecular complexity index is 674. The van der Waals surface area contributed by atoms with Crippen LogP contribution in [0.1, 0.15) is 58.9 Å². The van der Waals surface area contributed by atoms with Crippen molar-refractivity contribution in [3.05, 3.63) is 35.9 Å². The Hall–Kier alpha value is -2.77. The first kappa shape index (κ1) is 26.3. The average Bonchev–Trinajstić information content (AvgIpc) is 2.71. The number of hydrogen-bond donors (Lipinski definition) is 2. The van der Waals surface area contributed by atoms with Crippen molar-refractivity contribution in [2.45, 2.75) is 65.6 Å². The second kappa shape index (κ2) is 14.3. The molecular formula is C23H37N3O5. The van der Waals surface area contributed by atoms with Gasteiger partial charge in [0.1, 0.15) is 12.2 Å². The number of unbranched alkanes of at least 4 members (excludes halogenated alkanes) is 2. The number of hydrogen-bond acceptors (Lipinski definition) is 5. The lowest BCUT2D eigenvalue weighted by atomic mass is 10.2. The van der Waals surface area contributed by atoms with Gasteiger partial charge in [-0.1, -0.05) is 36.8 Å². The highest BCUT2D eigenvalue weighted by atomic mass is 16.6. The molecule has 0 aromatic heterocycles. The van der Waals surface area contributed by atoms with Crippen molar-refractivity contribution in [2.24, 2.45) is 0 Å². The van der Waals surface area contributed by atoms with Gasteiger partial charge >= 0.3 is 12.2 Å². The third-order valence-electron chi connectivity index (χ3n) is 4.30. The van der Waals surface area contributed by atoms with Crippen molar-refractivity contribution >= 4 is 18.1 Å². The molecule has 0 aliphatic heterocycles. The standard InChI is InChI=1S/C23H37N3O5/c1-5-26(22(29)30-18-19-12-8-6-9-13-19)17-16-24-20(27)14-10-7-11-15-25-21(28)31-23(2,3)4/h6,8-9,12-13H,5,7,10-11,14-18H2,1-4H3,(H,24,27)(H,25,28). The number of likely N-dealkylation sites (N-methyl/N-ethyl adjacent to an activating group) is 1. The molecular weight excluding hydrogens is 398 g/mol. The molecule has 8 nitrogen and oxygen atoms in total. The summed E-state index contributed by atoms with van der Waals surface area (Å²) in [5.74, 6) is -0.0474. The summed E-state index contributed by atoms with van der Waals surface area (Å²) in [4.78, 5) is 37.2. The summed E-state index contributed by atoms with van der Waals surface area (Å²) in [5, 5.41) is 5.53. The molecule has 1 aromatic rings. The van der Waals surface area contributed by atoms with Gasteiger partial charge in [0.15, 0.2) is 0 Å². The molecule has 31 heavy (non-hydrogen) atoms. The summed E-state index contributed by atoms with van der Waals surface area (Å²) in [7, 11) is 0. The lowest BCUT2D eigenvalue weighted by molar-refractivity contribution is -0.121. The first-order chi connectivity index (χ1) is 14.7. The van der Waals surface area contributed by atoms with Crippen molar-refractivity contribution in [2.75, 3.05) is 26.2 Å². The molecule has 0 spiro atoms. The maximum Gasteiger partial charge on any atom is 0.410 e. The van der Waals surface area contributed by atoms with E-state index in [-0.39, 0.29) is 12.5 Å². The van der Waals surface area contributed by atoms with E-state index in [9.17, 15) is 14.4 Å². The predicted molar refractivity (Wildman–Crippen MR) is 120 cm³/mol. The highest BCUT2D eigenvalue weighted by molar-refractivity contribution is 5.75. The molecule has 1 rings (SSSR count). The van der Waals surface area contributed by atoms with E-state index in [0.717, 1.165) is 24.8 Å². The number of nitrogens with zero attached hydrogens (tertiary/aromatic N) is 1. The quantitative estimate of drug-likeness (QED) is 0.486.